The summed E-state index contributed by atoms with van der Waals surface area (Å²) in [7, 11) is 0. The van der Waals surface area contributed by atoms with Crippen LogP contribution in [0.5, 0.6) is 5.75 Å². The molecule has 0 bridgehead atoms. The zero-order chi connectivity index (χ0) is 11.3. The van der Waals surface area contributed by atoms with E-state index in [9.17, 15) is 10.1 Å². The van der Waals surface area contributed by atoms with Gasteiger partial charge in [0, 0.05) is 12.1 Å². The zero-order valence-electron chi connectivity index (χ0n) is 7.98. The molecule has 82 valence electrons. The Kier molecular flexibility index (Phi) is 4.76. The Labute approximate surface area is 101 Å². The molecule has 1 aromatic carbocycles. The lowest BCUT2D eigenvalue weighted by Gasteiger charge is -2.06. The number of hydrogen-bond acceptors (Lipinski definition) is 4. The molecule has 0 fully saturated rings. The van der Waals surface area contributed by atoms with Crippen molar-refractivity contribution in [2.45, 2.75) is 6.42 Å². The molecule has 0 saturated heterocycles. The van der Waals surface area contributed by atoms with Gasteiger partial charge in [-0.1, -0.05) is 0 Å². The Morgan fingerprint density at radius 3 is 2.80 bits per heavy atom. The third-order valence-corrected chi connectivity index (χ3v) is 2.58. The topological polar surface area (TPSA) is 78.4 Å². The predicted molar refractivity (Wildman–Crippen MR) is 65.0 cm³/mol. The molecule has 0 unspecified atom stereocenters. The fourth-order valence-electron chi connectivity index (χ4n) is 0.986. The van der Waals surface area contributed by atoms with Gasteiger partial charge in [0.2, 0.25) is 0 Å². The molecule has 2 N–H and O–H groups in total. The Hall–Kier alpha value is -0.890. The second kappa shape index (κ2) is 5.86. The van der Waals surface area contributed by atoms with Gasteiger partial charge in [0.1, 0.15) is 5.75 Å². The highest BCUT2D eigenvalue weighted by atomic mass is 127. The summed E-state index contributed by atoms with van der Waals surface area (Å²) in [5.74, 6) is 0.662. The SMILES string of the molecule is NCCCOc1ccc([N+](=O)[O-])cc1I. The van der Waals surface area contributed by atoms with Gasteiger partial charge in [-0.25, -0.2) is 0 Å². The minimum Gasteiger partial charge on any atom is -0.492 e. The van der Waals surface area contributed by atoms with Crippen molar-refractivity contribution in [1.29, 1.82) is 0 Å². The molecule has 0 aliphatic carbocycles. The molecule has 5 nitrogen and oxygen atoms in total. The molecule has 0 aliphatic heterocycles. The van der Waals surface area contributed by atoms with Gasteiger partial charge >= 0.3 is 0 Å². The van der Waals surface area contributed by atoms with Crippen LogP contribution in [0.4, 0.5) is 5.69 Å². The van der Waals surface area contributed by atoms with Crippen molar-refractivity contribution in [3.63, 3.8) is 0 Å². The molecule has 0 saturated carbocycles. The van der Waals surface area contributed by atoms with Crippen LogP contribution in [0.3, 0.4) is 0 Å². The number of non-ortho nitro benzene ring substituents is 1. The maximum absolute atomic E-state index is 10.5. The molecular weight excluding hydrogens is 311 g/mol. The van der Waals surface area contributed by atoms with Gasteiger partial charge in [0.15, 0.2) is 0 Å². The first-order chi connectivity index (χ1) is 7.15. The highest BCUT2D eigenvalue weighted by Crippen LogP contribution is 2.25. The Balaban J connectivity index is 2.70. The fraction of sp³-hybridized carbons (Fsp3) is 0.333. The fourth-order valence-corrected chi connectivity index (χ4v) is 1.64. The summed E-state index contributed by atoms with van der Waals surface area (Å²) in [6.45, 7) is 1.11. The maximum Gasteiger partial charge on any atom is 0.270 e. The van der Waals surface area contributed by atoms with E-state index < -0.39 is 4.92 Å². The first-order valence-corrected chi connectivity index (χ1v) is 5.50. The van der Waals surface area contributed by atoms with Gasteiger partial charge in [-0.15, -0.1) is 0 Å². The molecule has 0 amide bonds. The lowest BCUT2D eigenvalue weighted by Crippen LogP contribution is -2.06. The molecule has 1 rings (SSSR count). The van der Waals surface area contributed by atoms with Crippen molar-refractivity contribution in [2.75, 3.05) is 13.2 Å². The molecule has 6 heteroatoms. The molecule has 0 aliphatic rings. The van der Waals surface area contributed by atoms with Gasteiger partial charge < -0.3 is 10.5 Å². The van der Waals surface area contributed by atoms with Crippen LogP contribution >= 0.6 is 22.6 Å². The number of nitro benzene ring substituents is 1. The number of halogens is 1. The summed E-state index contributed by atoms with van der Waals surface area (Å²) in [5.41, 5.74) is 5.40. The van der Waals surface area contributed by atoms with Crippen molar-refractivity contribution in [2.24, 2.45) is 5.73 Å². The Morgan fingerprint density at radius 1 is 1.53 bits per heavy atom. The van der Waals surface area contributed by atoms with E-state index in [1.54, 1.807) is 6.07 Å². The van der Waals surface area contributed by atoms with Crippen molar-refractivity contribution < 1.29 is 9.66 Å². The van der Waals surface area contributed by atoms with Gasteiger partial charge in [-0.05, 0) is 41.6 Å². The van der Waals surface area contributed by atoms with Crippen LogP contribution in [0.2, 0.25) is 0 Å². The minimum absolute atomic E-state index is 0.0746. The van der Waals surface area contributed by atoms with E-state index in [0.717, 1.165) is 9.99 Å². The molecule has 15 heavy (non-hydrogen) atoms. The highest BCUT2D eigenvalue weighted by Gasteiger charge is 2.09. The van der Waals surface area contributed by atoms with Crippen LogP contribution in [0.15, 0.2) is 18.2 Å². The predicted octanol–water partition coefficient (Wildman–Crippen LogP) is 1.93. The van der Waals surface area contributed by atoms with Crippen LogP contribution in [0.25, 0.3) is 0 Å². The van der Waals surface area contributed by atoms with E-state index in [0.29, 0.717) is 18.9 Å². The molecule has 0 aromatic heterocycles. The number of nitrogens with two attached hydrogens (primary N) is 1. The van der Waals surface area contributed by atoms with Gasteiger partial charge in [-0.3, -0.25) is 10.1 Å². The van der Waals surface area contributed by atoms with E-state index in [4.69, 9.17) is 10.5 Å². The summed E-state index contributed by atoms with van der Waals surface area (Å²) in [4.78, 5) is 10.0. The number of hydrogen-bond donors (Lipinski definition) is 1. The first-order valence-electron chi connectivity index (χ1n) is 4.42. The monoisotopic (exact) mass is 322 g/mol. The second-order valence-electron chi connectivity index (χ2n) is 2.86. The number of ether oxygens (including phenoxy) is 1. The Bertz CT molecular complexity index is 357. The largest absolute Gasteiger partial charge is 0.492 e. The third kappa shape index (κ3) is 3.63. The van der Waals surface area contributed by atoms with Crippen molar-refractivity contribution in [3.8, 4) is 5.75 Å². The molecular formula is C9H11IN2O3. The summed E-state index contributed by atoms with van der Waals surface area (Å²) >= 11 is 2.01. The van der Waals surface area contributed by atoms with Gasteiger partial charge in [0.25, 0.3) is 5.69 Å². The third-order valence-electron chi connectivity index (χ3n) is 1.73. The lowest BCUT2D eigenvalue weighted by atomic mass is 10.3. The number of benzene rings is 1. The maximum atomic E-state index is 10.5. The second-order valence-corrected chi connectivity index (χ2v) is 4.02. The van der Waals surface area contributed by atoms with Crippen LogP contribution in [0.1, 0.15) is 6.42 Å². The number of rotatable bonds is 5. The standard InChI is InChI=1S/C9H11IN2O3/c10-8-6-7(12(13)14)2-3-9(8)15-5-1-4-11/h2-3,6H,1,4-5,11H2. The van der Waals surface area contributed by atoms with Gasteiger partial charge in [0.05, 0.1) is 15.1 Å². The molecule has 0 radical (unpaired) electrons. The van der Waals surface area contributed by atoms with Crippen molar-refractivity contribution in [3.05, 3.63) is 31.9 Å². The van der Waals surface area contributed by atoms with E-state index in [1.165, 1.54) is 12.1 Å². The van der Waals surface area contributed by atoms with Crippen molar-refractivity contribution >= 4 is 28.3 Å². The summed E-state index contributed by atoms with van der Waals surface area (Å²) in [5, 5.41) is 10.5. The van der Waals surface area contributed by atoms with E-state index >= 15 is 0 Å². The van der Waals surface area contributed by atoms with Crippen LogP contribution in [-0.2, 0) is 0 Å². The normalized spacial score (nSPS) is 10.0. The summed E-state index contributed by atoms with van der Waals surface area (Å²) in [6, 6.07) is 4.52. The highest BCUT2D eigenvalue weighted by molar-refractivity contribution is 14.1. The molecule has 1 aromatic rings. The smallest absolute Gasteiger partial charge is 0.270 e. The average Bonchev–Trinajstić information content (AvgIpc) is 2.20. The molecule has 0 atom stereocenters. The van der Waals surface area contributed by atoms with E-state index in [1.807, 2.05) is 22.6 Å². The van der Waals surface area contributed by atoms with Crippen LogP contribution in [-0.4, -0.2) is 18.1 Å². The zero-order valence-corrected chi connectivity index (χ0v) is 10.1. The summed E-state index contributed by atoms with van der Waals surface area (Å²) < 4.78 is 6.14. The minimum atomic E-state index is -0.425. The van der Waals surface area contributed by atoms with E-state index in [-0.39, 0.29) is 5.69 Å². The number of nitro groups is 1. The van der Waals surface area contributed by atoms with Crippen LogP contribution in [0, 0.1) is 13.7 Å². The van der Waals surface area contributed by atoms with Crippen molar-refractivity contribution in [1.82, 2.24) is 0 Å². The quantitative estimate of drug-likeness (QED) is 0.389. The first kappa shape index (κ1) is 12.2. The lowest BCUT2D eigenvalue weighted by molar-refractivity contribution is -0.385. The van der Waals surface area contributed by atoms with E-state index in [2.05, 4.69) is 0 Å². The Morgan fingerprint density at radius 2 is 2.27 bits per heavy atom. The number of nitrogens with zero attached hydrogens (tertiary/aromatic N) is 1. The summed E-state index contributed by atoms with van der Waals surface area (Å²) in [6.07, 6.45) is 0.771. The van der Waals surface area contributed by atoms with Gasteiger partial charge in [-0.2, -0.15) is 0 Å². The molecule has 0 spiro atoms. The van der Waals surface area contributed by atoms with Crippen LogP contribution < -0.4 is 10.5 Å². The average molecular weight is 322 g/mol. The molecule has 0 heterocycles.